The summed E-state index contributed by atoms with van der Waals surface area (Å²) in [6.07, 6.45) is 0. The van der Waals surface area contributed by atoms with Crippen molar-refractivity contribution in [2.75, 3.05) is 25.7 Å². The molecule has 45 heavy (non-hydrogen) atoms. The quantitative estimate of drug-likeness (QED) is 0.124. The molecule has 0 bridgehead atoms. The zero-order valence-corrected chi connectivity index (χ0v) is 26.3. The van der Waals surface area contributed by atoms with Gasteiger partial charge in [0.2, 0.25) is 0 Å². The van der Waals surface area contributed by atoms with Gasteiger partial charge in [0.1, 0.15) is 11.5 Å². The van der Waals surface area contributed by atoms with E-state index < -0.39 is 11.8 Å². The van der Waals surface area contributed by atoms with Gasteiger partial charge in [0.05, 0.1) is 25.6 Å². The molecule has 0 amide bonds. The van der Waals surface area contributed by atoms with Crippen LogP contribution in [0.15, 0.2) is 105 Å². The molecule has 0 heterocycles. The van der Waals surface area contributed by atoms with E-state index in [1.54, 1.807) is 86.6 Å². The molecule has 0 aliphatic carbocycles. The summed E-state index contributed by atoms with van der Waals surface area (Å²) in [5, 5.41) is 62.4. The molecule has 0 aliphatic rings. The van der Waals surface area contributed by atoms with E-state index in [1.165, 1.54) is 26.4 Å². The molecule has 0 fully saturated rings. The van der Waals surface area contributed by atoms with Gasteiger partial charge < -0.3 is 41.4 Å². The summed E-state index contributed by atoms with van der Waals surface area (Å²) in [5.41, 5.74) is 13.9. The summed E-state index contributed by atoms with van der Waals surface area (Å²) < 4.78 is 10.1. The second-order valence-corrected chi connectivity index (χ2v) is 9.08. The Labute approximate surface area is 272 Å². The van der Waals surface area contributed by atoms with Crippen molar-refractivity contribution in [3.8, 4) is 23.0 Å². The smallest absolute Gasteiger partial charge is 0.872 e. The third-order valence-electron chi connectivity index (χ3n) is 6.12. The zero-order chi connectivity index (χ0) is 32.2. The average molecular weight is 646 g/mol. The predicted octanol–water partition coefficient (Wildman–Crippen LogP) is 1.76. The van der Waals surface area contributed by atoms with Crippen LogP contribution in [-0.2, 0) is 18.6 Å². The van der Waals surface area contributed by atoms with Crippen LogP contribution in [0.4, 0.5) is 11.4 Å². The van der Waals surface area contributed by atoms with Gasteiger partial charge in [0.25, 0.3) is 0 Å². The zero-order valence-electron chi connectivity index (χ0n) is 24.9. The molecule has 4 aromatic carbocycles. The Bertz CT molecular complexity index is 1610. The maximum absolute atomic E-state index is 12.0. The molecule has 4 aromatic rings. The van der Waals surface area contributed by atoms with E-state index in [0.717, 1.165) is 0 Å². The number of anilines is 2. The normalized spacial score (nSPS) is 12.0. The average Bonchev–Trinajstić information content (AvgIpc) is 3.03. The first-order valence-corrected chi connectivity index (χ1v) is 13.0. The summed E-state index contributed by atoms with van der Waals surface area (Å²) in [6.45, 7) is 3.20. The van der Waals surface area contributed by atoms with E-state index in [0.29, 0.717) is 45.4 Å². The number of nitrogens with zero attached hydrogens (tertiary/aromatic N) is 4. The molecule has 0 aliphatic heterocycles. The molecule has 0 aromatic heterocycles. The van der Waals surface area contributed by atoms with Gasteiger partial charge in [-0.15, -0.1) is 0 Å². The Hall–Kier alpha value is -5.46. The van der Waals surface area contributed by atoms with E-state index in [1.807, 2.05) is 0 Å². The van der Waals surface area contributed by atoms with E-state index in [9.17, 15) is 20.4 Å². The van der Waals surface area contributed by atoms with Crippen LogP contribution in [0.25, 0.3) is 0 Å². The number of nitrogen functional groups attached to an aromatic ring is 2. The van der Waals surface area contributed by atoms with Gasteiger partial charge in [-0.05, 0) is 61.4 Å². The van der Waals surface area contributed by atoms with Gasteiger partial charge in [0.15, 0.2) is 0 Å². The number of methoxy groups -OCH3 is 2. The van der Waals surface area contributed by atoms with Crippen LogP contribution in [0.1, 0.15) is 36.1 Å². The molecule has 0 saturated carbocycles. The fraction of sp³-hybridized carbons (Fsp3) is 0.125. The largest absolute Gasteiger partial charge is 4.00 e. The van der Waals surface area contributed by atoms with Gasteiger partial charge in [0, 0.05) is 34.3 Å². The van der Waals surface area contributed by atoms with Gasteiger partial charge in [-0.3, -0.25) is 0 Å². The van der Waals surface area contributed by atoms with Crippen molar-refractivity contribution in [3.05, 3.63) is 107 Å². The van der Waals surface area contributed by atoms with Gasteiger partial charge >= 0.3 is 18.6 Å². The van der Waals surface area contributed by atoms with Crippen LogP contribution in [-0.4, -0.2) is 37.4 Å². The van der Waals surface area contributed by atoms with E-state index in [-0.39, 0.29) is 41.2 Å². The maximum Gasteiger partial charge on any atom is 4.00 e. The predicted molar refractivity (Wildman–Crippen MR) is 164 cm³/mol. The van der Waals surface area contributed by atoms with Crippen molar-refractivity contribution in [3.63, 3.8) is 0 Å². The number of rotatable bonds is 8. The molecule has 229 valence electrons. The topological polar surface area (TPSA) is 212 Å². The first-order valence-electron chi connectivity index (χ1n) is 13.0. The van der Waals surface area contributed by atoms with Crippen molar-refractivity contribution in [2.45, 2.75) is 13.8 Å². The van der Waals surface area contributed by atoms with E-state index in [2.05, 4.69) is 20.4 Å². The van der Waals surface area contributed by atoms with Crippen LogP contribution in [0.2, 0.25) is 0 Å². The maximum atomic E-state index is 12.0. The van der Waals surface area contributed by atoms with Gasteiger partial charge in [-0.25, -0.2) is 0 Å². The van der Waals surface area contributed by atoms with Crippen molar-refractivity contribution < 1.29 is 48.5 Å². The van der Waals surface area contributed by atoms with Crippen LogP contribution in [0.3, 0.4) is 0 Å². The summed E-state index contributed by atoms with van der Waals surface area (Å²) in [6, 6.07) is 22.2. The molecule has 0 saturated heterocycles. The van der Waals surface area contributed by atoms with Gasteiger partial charge in [-0.2, -0.15) is 20.4 Å². The van der Waals surface area contributed by atoms with Crippen LogP contribution in [0, 0.1) is 0 Å². The molecular formula is C32H30N6O6V. The summed E-state index contributed by atoms with van der Waals surface area (Å²) in [5.74, 6) is -0.501. The summed E-state index contributed by atoms with van der Waals surface area (Å²) in [4.78, 5) is 0. The first-order chi connectivity index (χ1) is 21.0. The summed E-state index contributed by atoms with van der Waals surface area (Å²) in [7, 11) is 3.00. The Kier molecular flexibility index (Phi) is 13.5. The molecule has 4 rings (SSSR count). The van der Waals surface area contributed by atoms with Crippen LogP contribution in [0.5, 0.6) is 23.0 Å². The Balaban J connectivity index is 0.000000307. The number of ether oxygens (including phenoxy) is 2. The number of hydrogen-bond acceptors (Lipinski definition) is 12. The fourth-order valence-electron chi connectivity index (χ4n) is 3.68. The first kappa shape index (κ1) is 35.7. The third kappa shape index (κ3) is 9.78. The van der Waals surface area contributed by atoms with Crippen molar-refractivity contribution in [1.29, 1.82) is 0 Å². The van der Waals surface area contributed by atoms with Crippen molar-refractivity contribution in [2.24, 2.45) is 20.4 Å². The molecule has 13 heteroatoms. The molecular weight excluding hydrogens is 615 g/mol. The minimum absolute atomic E-state index is 0. The standard InChI is InChI=1S/2C16H17N3O3.V/c2*1-10(13-9-11(22-2)7-8-15(13)20)18-19-16(21)12-5-3-4-6-14(12)17;/h2*3-9,20H,17H2,1-2H3,(H,19,21);/q;;+4/p-4/b2*18-10+;. The molecule has 0 unspecified atom stereocenters. The SMILES string of the molecule is COc1ccc([O-])c(/C(C)=N/N=C(\[O-])c2ccccc2N)c1.COc1ccc([O-])c(/C(C)=N/N=C(\[O-])c2ccccc2N)c1.[V+4]. The summed E-state index contributed by atoms with van der Waals surface area (Å²) >= 11 is 0. The van der Waals surface area contributed by atoms with Crippen molar-refractivity contribution >= 4 is 34.6 Å². The number of para-hydroxylation sites is 2. The second kappa shape index (κ2) is 17.0. The van der Waals surface area contributed by atoms with Crippen molar-refractivity contribution in [1.82, 2.24) is 0 Å². The van der Waals surface area contributed by atoms with E-state index >= 15 is 0 Å². The number of benzene rings is 4. The minimum atomic E-state index is -0.562. The Morgan fingerprint density at radius 3 is 1.24 bits per heavy atom. The molecule has 0 atom stereocenters. The fourth-order valence-corrected chi connectivity index (χ4v) is 3.68. The molecule has 4 N–H and O–H groups in total. The second-order valence-electron chi connectivity index (χ2n) is 9.08. The number of nitrogens with two attached hydrogens (primary N) is 2. The molecule has 12 nitrogen and oxygen atoms in total. The minimum Gasteiger partial charge on any atom is -0.872 e. The van der Waals surface area contributed by atoms with Crippen LogP contribution >= 0.6 is 0 Å². The van der Waals surface area contributed by atoms with E-state index in [4.69, 9.17) is 20.9 Å². The molecule has 0 spiro atoms. The Morgan fingerprint density at radius 2 is 0.911 bits per heavy atom. The Morgan fingerprint density at radius 1 is 0.556 bits per heavy atom. The third-order valence-corrected chi connectivity index (χ3v) is 6.12. The monoisotopic (exact) mass is 645 g/mol. The van der Waals surface area contributed by atoms with Gasteiger partial charge in [-0.1, -0.05) is 60.0 Å². The van der Waals surface area contributed by atoms with Crippen LogP contribution < -0.4 is 41.4 Å². The number of hydrogen-bond donors (Lipinski definition) is 2. The molecule has 1 radical (unpaired) electrons.